The van der Waals surface area contributed by atoms with Gasteiger partial charge in [-0.1, -0.05) is 12.2 Å². The van der Waals surface area contributed by atoms with Crippen LogP contribution in [-0.2, 0) is 4.79 Å². The molecule has 0 unspecified atom stereocenters. The Labute approximate surface area is 93.9 Å². The normalized spacial score (nSPS) is 9.73. The molecule has 0 aliphatic carbocycles. The maximum atomic E-state index is 11.4. The van der Waals surface area contributed by atoms with E-state index in [4.69, 9.17) is 5.73 Å². The number of nitrogens with one attached hydrogen (secondary N) is 1. The Balaban J connectivity index is 2.72. The van der Waals surface area contributed by atoms with E-state index >= 15 is 0 Å². The second-order valence-electron chi connectivity index (χ2n) is 3.28. The molecule has 0 fully saturated rings. The number of amides is 1. The maximum Gasteiger partial charge on any atom is 0.231 e. The van der Waals surface area contributed by atoms with E-state index in [1.165, 1.54) is 0 Å². The summed E-state index contributed by atoms with van der Waals surface area (Å²) < 4.78 is 0. The van der Waals surface area contributed by atoms with Gasteiger partial charge in [-0.15, -0.1) is 0 Å². The van der Waals surface area contributed by atoms with Gasteiger partial charge in [-0.25, -0.2) is 0 Å². The Kier molecular flexibility index (Phi) is 3.74. The molecular weight excluding hydrogens is 210 g/mol. The molecule has 0 aromatic carbocycles. The lowest BCUT2D eigenvalue weighted by atomic mass is 10.2. The van der Waals surface area contributed by atoms with Crippen molar-refractivity contribution in [1.29, 1.82) is 0 Å². The summed E-state index contributed by atoms with van der Waals surface area (Å²) in [6, 6.07) is 3.65. The largest absolute Gasteiger partial charge is 0.393 e. The summed E-state index contributed by atoms with van der Waals surface area (Å²) in [5.74, 6) is -0.212. The van der Waals surface area contributed by atoms with Crippen LogP contribution in [0.2, 0.25) is 0 Å². The van der Waals surface area contributed by atoms with E-state index in [9.17, 15) is 4.79 Å². The standard InChI is InChI=1S/C10H13N3OS/c1-6-3-4-8(7(2)12-6)13-10(14)5-9(11)15/h3-4H,5H2,1-2H3,(H2,11,15)(H,13,14). The van der Waals surface area contributed by atoms with Gasteiger partial charge in [0.1, 0.15) is 0 Å². The number of nitrogens with two attached hydrogens (primary N) is 1. The summed E-state index contributed by atoms with van der Waals surface area (Å²) in [4.78, 5) is 15.8. The molecule has 0 aliphatic heterocycles. The molecule has 0 saturated heterocycles. The molecule has 4 nitrogen and oxygen atoms in total. The average Bonchev–Trinajstić information content (AvgIpc) is 2.08. The Morgan fingerprint density at radius 3 is 2.73 bits per heavy atom. The smallest absolute Gasteiger partial charge is 0.231 e. The van der Waals surface area contributed by atoms with Crippen molar-refractivity contribution in [1.82, 2.24) is 4.98 Å². The minimum atomic E-state index is -0.212. The first-order chi connectivity index (χ1) is 6.99. The summed E-state index contributed by atoms with van der Waals surface area (Å²) in [6.07, 6.45) is 0.0582. The van der Waals surface area contributed by atoms with Gasteiger partial charge >= 0.3 is 0 Å². The van der Waals surface area contributed by atoms with Crippen LogP contribution in [0.15, 0.2) is 12.1 Å². The fraction of sp³-hybridized carbons (Fsp3) is 0.300. The molecule has 1 heterocycles. The van der Waals surface area contributed by atoms with E-state index in [1.807, 2.05) is 26.0 Å². The molecule has 1 aromatic heterocycles. The number of hydrogen-bond donors (Lipinski definition) is 2. The fourth-order valence-electron chi connectivity index (χ4n) is 1.17. The van der Waals surface area contributed by atoms with Gasteiger partial charge in [0.2, 0.25) is 5.91 Å². The van der Waals surface area contributed by atoms with Gasteiger partial charge in [-0.3, -0.25) is 9.78 Å². The first-order valence-electron chi connectivity index (χ1n) is 4.51. The van der Waals surface area contributed by atoms with Crippen molar-refractivity contribution in [2.75, 3.05) is 5.32 Å². The number of aromatic nitrogens is 1. The Morgan fingerprint density at radius 2 is 2.20 bits per heavy atom. The van der Waals surface area contributed by atoms with Crippen LogP contribution in [0.1, 0.15) is 17.8 Å². The minimum Gasteiger partial charge on any atom is -0.393 e. The van der Waals surface area contributed by atoms with Crippen LogP contribution in [0.25, 0.3) is 0 Å². The third kappa shape index (κ3) is 3.63. The van der Waals surface area contributed by atoms with Crippen LogP contribution in [-0.4, -0.2) is 15.9 Å². The van der Waals surface area contributed by atoms with Gasteiger partial charge in [-0.05, 0) is 26.0 Å². The Bertz CT molecular complexity index is 404. The van der Waals surface area contributed by atoms with Gasteiger partial charge in [-0.2, -0.15) is 0 Å². The summed E-state index contributed by atoms with van der Waals surface area (Å²) in [5, 5.41) is 2.70. The Hall–Kier alpha value is -1.49. The molecule has 0 spiro atoms. The topological polar surface area (TPSA) is 68.0 Å². The minimum absolute atomic E-state index is 0.0582. The van der Waals surface area contributed by atoms with Crippen molar-refractivity contribution in [2.24, 2.45) is 5.73 Å². The number of carbonyl (C=O) groups is 1. The van der Waals surface area contributed by atoms with Crippen LogP contribution in [0, 0.1) is 13.8 Å². The number of hydrogen-bond acceptors (Lipinski definition) is 3. The fourth-order valence-corrected chi connectivity index (χ4v) is 1.30. The number of nitrogens with zero attached hydrogens (tertiary/aromatic N) is 1. The van der Waals surface area contributed by atoms with E-state index < -0.39 is 0 Å². The van der Waals surface area contributed by atoms with E-state index in [0.717, 1.165) is 11.4 Å². The highest BCUT2D eigenvalue weighted by Gasteiger charge is 2.06. The zero-order chi connectivity index (χ0) is 11.4. The molecule has 15 heavy (non-hydrogen) atoms. The lowest BCUT2D eigenvalue weighted by Crippen LogP contribution is -2.20. The van der Waals surface area contributed by atoms with Crippen LogP contribution in [0.4, 0.5) is 5.69 Å². The van der Waals surface area contributed by atoms with Gasteiger partial charge < -0.3 is 11.1 Å². The molecule has 0 saturated carbocycles. The highest BCUT2D eigenvalue weighted by atomic mass is 32.1. The second kappa shape index (κ2) is 4.84. The van der Waals surface area contributed by atoms with Crippen molar-refractivity contribution in [3.63, 3.8) is 0 Å². The first-order valence-corrected chi connectivity index (χ1v) is 4.92. The molecule has 0 atom stereocenters. The lowest BCUT2D eigenvalue weighted by molar-refractivity contribution is -0.115. The lowest BCUT2D eigenvalue weighted by Gasteiger charge is -2.07. The number of thiocarbonyl (C=S) groups is 1. The number of rotatable bonds is 3. The first kappa shape index (κ1) is 11.6. The van der Waals surface area contributed by atoms with Gasteiger partial charge in [0.15, 0.2) is 0 Å². The number of aryl methyl sites for hydroxylation is 2. The molecule has 0 bridgehead atoms. The van der Waals surface area contributed by atoms with Gasteiger partial charge in [0.05, 0.1) is 22.8 Å². The van der Waals surface area contributed by atoms with Crippen LogP contribution >= 0.6 is 12.2 Å². The van der Waals surface area contributed by atoms with Crippen molar-refractivity contribution in [3.8, 4) is 0 Å². The number of anilines is 1. The zero-order valence-corrected chi connectivity index (χ0v) is 9.52. The highest BCUT2D eigenvalue weighted by Crippen LogP contribution is 2.12. The van der Waals surface area contributed by atoms with Crippen molar-refractivity contribution in [2.45, 2.75) is 20.3 Å². The predicted molar refractivity (Wildman–Crippen MR) is 63.7 cm³/mol. The van der Waals surface area contributed by atoms with E-state index in [1.54, 1.807) is 0 Å². The van der Waals surface area contributed by atoms with Crippen molar-refractivity contribution in [3.05, 3.63) is 23.5 Å². The predicted octanol–water partition coefficient (Wildman–Crippen LogP) is 1.31. The second-order valence-corrected chi connectivity index (χ2v) is 3.80. The van der Waals surface area contributed by atoms with Crippen LogP contribution in [0.5, 0.6) is 0 Å². The average molecular weight is 223 g/mol. The van der Waals surface area contributed by atoms with Crippen LogP contribution < -0.4 is 11.1 Å². The van der Waals surface area contributed by atoms with E-state index in [2.05, 4.69) is 22.5 Å². The van der Waals surface area contributed by atoms with Crippen molar-refractivity contribution < 1.29 is 4.79 Å². The monoisotopic (exact) mass is 223 g/mol. The molecule has 1 amide bonds. The molecule has 80 valence electrons. The summed E-state index contributed by atoms with van der Waals surface area (Å²) in [7, 11) is 0. The van der Waals surface area contributed by atoms with Gasteiger partial charge in [0.25, 0.3) is 0 Å². The SMILES string of the molecule is Cc1ccc(NC(=O)CC(N)=S)c(C)n1. The van der Waals surface area contributed by atoms with Crippen LogP contribution in [0.3, 0.4) is 0 Å². The third-order valence-electron chi connectivity index (χ3n) is 1.83. The van der Waals surface area contributed by atoms with Crippen molar-refractivity contribution >= 4 is 28.8 Å². The maximum absolute atomic E-state index is 11.4. The molecule has 0 radical (unpaired) electrons. The quantitative estimate of drug-likeness (QED) is 0.758. The number of pyridine rings is 1. The summed E-state index contributed by atoms with van der Waals surface area (Å²) in [5.41, 5.74) is 7.66. The summed E-state index contributed by atoms with van der Waals surface area (Å²) in [6.45, 7) is 3.73. The van der Waals surface area contributed by atoms with E-state index in [-0.39, 0.29) is 17.3 Å². The molecule has 5 heteroatoms. The molecule has 1 aromatic rings. The van der Waals surface area contributed by atoms with E-state index in [0.29, 0.717) is 5.69 Å². The summed E-state index contributed by atoms with van der Waals surface area (Å²) >= 11 is 4.64. The third-order valence-corrected chi connectivity index (χ3v) is 1.98. The van der Waals surface area contributed by atoms with Gasteiger partial charge in [0, 0.05) is 5.69 Å². The zero-order valence-electron chi connectivity index (χ0n) is 8.70. The number of carbonyl (C=O) groups excluding carboxylic acids is 1. The molecule has 1 rings (SSSR count). The molecule has 3 N–H and O–H groups in total. The highest BCUT2D eigenvalue weighted by molar-refractivity contribution is 7.80. The molecule has 0 aliphatic rings. The molecular formula is C10H13N3OS. The Morgan fingerprint density at radius 1 is 1.53 bits per heavy atom.